The zero-order chi connectivity index (χ0) is 18.9. The van der Waals surface area contributed by atoms with E-state index in [1.54, 1.807) is 13.4 Å². The first-order valence-electron chi connectivity index (χ1n) is 9.38. The topological polar surface area (TPSA) is 87.7 Å². The number of halogens is 1. The fraction of sp³-hybridized carbons (Fsp3) is 0.526. The molecule has 0 amide bonds. The summed E-state index contributed by atoms with van der Waals surface area (Å²) in [6.45, 7) is 3.39. The highest BCUT2D eigenvalue weighted by Crippen LogP contribution is 2.24. The third kappa shape index (κ3) is 6.25. The highest BCUT2D eigenvalue weighted by molar-refractivity contribution is 14.0. The Balaban J connectivity index is 0.00000280. The molecule has 2 N–H and O–H groups in total. The number of hydrogen-bond acceptors (Lipinski definition) is 5. The largest absolute Gasteiger partial charge is 0.497 e. The van der Waals surface area contributed by atoms with Crippen molar-refractivity contribution in [2.45, 2.75) is 25.2 Å². The third-order valence-corrected chi connectivity index (χ3v) is 4.74. The Morgan fingerprint density at radius 2 is 2.11 bits per heavy atom. The second kappa shape index (κ2) is 11.7. The molecule has 0 aliphatic carbocycles. The quantitative estimate of drug-likeness (QED) is 0.263. The molecule has 1 fully saturated rings. The molecule has 8 nitrogen and oxygen atoms in total. The van der Waals surface area contributed by atoms with Crippen LogP contribution >= 0.6 is 24.0 Å². The molecule has 9 heteroatoms. The van der Waals surface area contributed by atoms with E-state index in [1.165, 1.54) is 0 Å². The normalized spacial score (nSPS) is 15.1. The highest BCUT2D eigenvalue weighted by atomic mass is 127. The number of likely N-dealkylation sites (tertiary alicyclic amines) is 1. The number of piperidine rings is 1. The van der Waals surface area contributed by atoms with Crippen molar-refractivity contribution in [1.82, 2.24) is 25.4 Å². The van der Waals surface area contributed by atoms with Gasteiger partial charge in [-0.2, -0.15) is 5.10 Å². The monoisotopic (exact) mass is 500 g/mol. The molecule has 0 atom stereocenters. The van der Waals surface area contributed by atoms with Gasteiger partial charge in [-0.1, -0.05) is 6.07 Å². The van der Waals surface area contributed by atoms with E-state index < -0.39 is 0 Å². The predicted molar refractivity (Wildman–Crippen MR) is 120 cm³/mol. The van der Waals surface area contributed by atoms with Gasteiger partial charge in [-0.25, -0.2) is 4.98 Å². The van der Waals surface area contributed by atoms with E-state index in [2.05, 4.69) is 30.4 Å². The van der Waals surface area contributed by atoms with Crippen molar-refractivity contribution in [3.05, 3.63) is 36.4 Å². The van der Waals surface area contributed by atoms with Crippen LogP contribution in [0.4, 0.5) is 0 Å². The standard InChI is InChI=1S/C19H28N6O2.HI/c1-20-19(25-10-7-15(8-11-25)18-22-14-23-24-18)21-9-4-12-27-17-6-3-5-16(13-17)26-2;/h3,5-6,13-15H,4,7-12H2,1-2H3,(H,20,21)(H,22,23,24);1H. The summed E-state index contributed by atoms with van der Waals surface area (Å²) in [5, 5.41) is 10.4. The Bertz CT molecular complexity index is 717. The number of benzene rings is 1. The van der Waals surface area contributed by atoms with E-state index in [-0.39, 0.29) is 24.0 Å². The summed E-state index contributed by atoms with van der Waals surface area (Å²) in [7, 11) is 3.49. The molecular formula is C19H29IN6O2. The summed E-state index contributed by atoms with van der Waals surface area (Å²) < 4.78 is 11.0. The van der Waals surface area contributed by atoms with Crippen molar-refractivity contribution < 1.29 is 9.47 Å². The average Bonchev–Trinajstić information content (AvgIpc) is 3.26. The number of guanidine groups is 1. The molecule has 0 bridgehead atoms. The van der Waals surface area contributed by atoms with Gasteiger partial charge < -0.3 is 19.7 Å². The first-order chi connectivity index (χ1) is 13.3. The van der Waals surface area contributed by atoms with Gasteiger partial charge in [-0.3, -0.25) is 10.1 Å². The zero-order valence-corrected chi connectivity index (χ0v) is 18.8. The molecule has 2 heterocycles. The smallest absolute Gasteiger partial charge is 0.193 e. The molecule has 0 radical (unpaired) electrons. The van der Waals surface area contributed by atoms with Crippen molar-refractivity contribution in [1.29, 1.82) is 0 Å². The third-order valence-electron chi connectivity index (χ3n) is 4.74. The lowest BCUT2D eigenvalue weighted by molar-refractivity contribution is 0.292. The molecule has 1 aromatic heterocycles. The highest BCUT2D eigenvalue weighted by Gasteiger charge is 2.24. The molecule has 1 aliphatic rings. The maximum atomic E-state index is 5.78. The van der Waals surface area contributed by atoms with Gasteiger partial charge in [-0.15, -0.1) is 24.0 Å². The van der Waals surface area contributed by atoms with Crippen LogP contribution in [0.2, 0.25) is 0 Å². The van der Waals surface area contributed by atoms with Crippen LogP contribution in [-0.4, -0.2) is 66.4 Å². The molecule has 1 saturated heterocycles. The van der Waals surface area contributed by atoms with Crippen LogP contribution in [0.3, 0.4) is 0 Å². The zero-order valence-electron chi connectivity index (χ0n) is 16.4. The Morgan fingerprint density at radius 1 is 1.32 bits per heavy atom. The SMILES string of the molecule is CN=C(NCCCOc1cccc(OC)c1)N1CCC(c2ncn[nH]2)CC1.I. The van der Waals surface area contributed by atoms with E-state index in [0.717, 1.165) is 62.2 Å². The van der Waals surface area contributed by atoms with Gasteiger partial charge >= 0.3 is 0 Å². The number of aromatic nitrogens is 3. The van der Waals surface area contributed by atoms with Crippen molar-refractivity contribution >= 4 is 29.9 Å². The van der Waals surface area contributed by atoms with E-state index in [1.807, 2.05) is 31.3 Å². The average molecular weight is 500 g/mol. The van der Waals surface area contributed by atoms with Crippen LogP contribution in [0, 0.1) is 0 Å². The lowest BCUT2D eigenvalue weighted by atomic mass is 9.96. The minimum Gasteiger partial charge on any atom is -0.497 e. The van der Waals surface area contributed by atoms with Gasteiger partial charge in [0.2, 0.25) is 0 Å². The Morgan fingerprint density at radius 3 is 2.79 bits per heavy atom. The van der Waals surface area contributed by atoms with Crippen LogP contribution in [-0.2, 0) is 0 Å². The summed E-state index contributed by atoms with van der Waals surface area (Å²) >= 11 is 0. The number of aliphatic imine (C=N–C) groups is 1. The second-order valence-electron chi connectivity index (χ2n) is 6.49. The molecule has 2 aromatic rings. The number of methoxy groups -OCH3 is 1. The maximum absolute atomic E-state index is 5.78. The van der Waals surface area contributed by atoms with Crippen LogP contribution in [0.5, 0.6) is 11.5 Å². The first kappa shape index (κ1) is 22.3. The molecule has 0 unspecified atom stereocenters. The summed E-state index contributed by atoms with van der Waals surface area (Å²) in [6.07, 6.45) is 4.57. The lowest BCUT2D eigenvalue weighted by Crippen LogP contribution is -2.45. The number of ether oxygens (including phenoxy) is 2. The second-order valence-corrected chi connectivity index (χ2v) is 6.49. The van der Waals surface area contributed by atoms with Crippen LogP contribution in [0.15, 0.2) is 35.6 Å². The fourth-order valence-electron chi connectivity index (χ4n) is 3.26. The first-order valence-corrected chi connectivity index (χ1v) is 9.38. The van der Waals surface area contributed by atoms with Crippen molar-refractivity contribution in [2.24, 2.45) is 4.99 Å². The Kier molecular flexibility index (Phi) is 9.32. The molecular weight excluding hydrogens is 471 g/mol. The molecule has 28 heavy (non-hydrogen) atoms. The summed E-state index contributed by atoms with van der Waals surface area (Å²) in [5.74, 6) is 4.03. The van der Waals surface area contributed by atoms with Crippen molar-refractivity contribution in [3.8, 4) is 11.5 Å². The van der Waals surface area contributed by atoms with E-state index in [4.69, 9.17) is 9.47 Å². The van der Waals surface area contributed by atoms with Crippen LogP contribution < -0.4 is 14.8 Å². The van der Waals surface area contributed by atoms with Gasteiger partial charge in [0, 0.05) is 38.7 Å². The minimum absolute atomic E-state index is 0. The molecule has 0 saturated carbocycles. The van der Waals surface area contributed by atoms with Gasteiger partial charge in [0.05, 0.1) is 13.7 Å². The number of aromatic amines is 1. The summed E-state index contributed by atoms with van der Waals surface area (Å²) in [5.41, 5.74) is 0. The van der Waals surface area contributed by atoms with Gasteiger partial charge in [0.1, 0.15) is 23.7 Å². The lowest BCUT2D eigenvalue weighted by Gasteiger charge is -2.33. The summed E-state index contributed by atoms with van der Waals surface area (Å²) in [6, 6.07) is 7.67. The van der Waals surface area contributed by atoms with Gasteiger partial charge in [0.15, 0.2) is 5.96 Å². The van der Waals surface area contributed by atoms with E-state index in [9.17, 15) is 0 Å². The van der Waals surface area contributed by atoms with Gasteiger partial charge in [0.25, 0.3) is 0 Å². The van der Waals surface area contributed by atoms with Crippen molar-refractivity contribution in [2.75, 3.05) is 40.4 Å². The van der Waals surface area contributed by atoms with Crippen molar-refractivity contribution in [3.63, 3.8) is 0 Å². The molecule has 154 valence electrons. The number of rotatable bonds is 7. The van der Waals surface area contributed by atoms with Crippen LogP contribution in [0.1, 0.15) is 31.0 Å². The molecule has 1 aromatic carbocycles. The number of nitrogens with one attached hydrogen (secondary N) is 2. The predicted octanol–water partition coefficient (Wildman–Crippen LogP) is 2.66. The van der Waals surface area contributed by atoms with Gasteiger partial charge in [-0.05, 0) is 31.4 Å². The molecule has 1 aliphatic heterocycles. The number of nitrogens with zero attached hydrogens (tertiary/aromatic N) is 4. The molecule has 3 rings (SSSR count). The maximum Gasteiger partial charge on any atom is 0.193 e. The number of H-pyrrole nitrogens is 1. The summed E-state index contributed by atoms with van der Waals surface area (Å²) in [4.78, 5) is 11.0. The van der Waals surface area contributed by atoms with Crippen LogP contribution in [0.25, 0.3) is 0 Å². The fourth-order valence-corrected chi connectivity index (χ4v) is 3.26. The minimum atomic E-state index is 0. The molecule has 0 spiro atoms. The van der Waals surface area contributed by atoms with E-state index in [0.29, 0.717) is 12.5 Å². The number of hydrogen-bond donors (Lipinski definition) is 2. The Hall–Kier alpha value is -2.04. The Labute approximate surface area is 183 Å². The van der Waals surface area contributed by atoms with E-state index >= 15 is 0 Å².